The quantitative estimate of drug-likeness (QED) is 0.560. The smallest absolute Gasteiger partial charge is 0.244 e. The van der Waals surface area contributed by atoms with E-state index in [1.807, 2.05) is 78.8 Å². The molecule has 1 N–H and O–H groups in total. The third-order valence-electron chi connectivity index (χ3n) is 5.53. The van der Waals surface area contributed by atoms with Gasteiger partial charge in [0.25, 0.3) is 0 Å². The molecule has 0 aliphatic carbocycles. The van der Waals surface area contributed by atoms with Crippen molar-refractivity contribution in [2.75, 3.05) is 17.1 Å². The lowest BCUT2D eigenvalue weighted by atomic mass is 10.1. The predicted molar refractivity (Wildman–Crippen MR) is 142 cm³/mol. The molecule has 0 bridgehead atoms. The Balaban J connectivity index is 2.48. The average molecular weight is 502 g/mol. The molecule has 0 aromatic heterocycles. The molecule has 35 heavy (non-hydrogen) atoms. The van der Waals surface area contributed by atoms with Crippen LogP contribution in [0, 0.1) is 20.8 Å². The first-order chi connectivity index (χ1) is 16.1. The summed E-state index contributed by atoms with van der Waals surface area (Å²) in [5, 5.41) is 2.97. The number of nitrogens with one attached hydrogen (secondary N) is 1. The molecule has 0 radical (unpaired) electrons. The fourth-order valence-electron chi connectivity index (χ4n) is 3.97. The van der Waals surface area contributed by atoms with Crippen LogP contribution in [0.2, 0.25) is 0 Å². The number of nitrogens with zero attached hydrogens (tertiary/aromatic N) is 2. The monoisotopic (exact) mass is 501 g/mol. The second kappa shape index (κ2) is 11.2. The van der Waals surface area contributed by atoms with Crippen molar-refractivity contribution in [3.8, 4) is 0 Å². The number of carbonyl (C=O) groups is 2. The molecule has 0 aliphatic rings. The zero-order valence-corrected chi connectivity index (χ0v) is 23.0. The summed E-state index contributed by atoms with van der Waals surface area (Å²) in [4.78, 5) is 28.4. The summed E-state index contributed by atoms with van der Waals surface area (Å²) in [5.74, 6) is -0.705. The van der Waals surface area contributed by atoms with E-state index in [0.717, 1.165) is 32.8 Å². The van der Waals surface area contributed by atoms with Crippen LogP contribution >= 0.6 is 0 Å². The number of hydrogen-bond acceptors (Lipinski definition) is 4. The van der Waals surface area contributed by atoms with Gasteiger partial charge in [0, 0.05) is 12.1 Å². The summed E-state index contributed by atoms with van der Waals surface area (Å²) in [6.07, 6.45) is 1.48. The Kier molecular flexibility index (Phi) is 9.11. The van der Waals surface area contributed by atoms with Crippen molar-refractivity contribution in [3.05, 3.63) is 64.7 Å². The fourth-order valence-corrected chi connectivity index (χ4v) is 4.80. The Morgan fingerprint density at radius 2 is 1.49 bits per heavy atom. The zero-order valence-electron chi connectivity index (χ0n) is 22.2. The summed E-state index contributed by atoms with van der Waals surface area (Å²) in [7, 11) is -3.75. The molecule has 1 atom stereocenters. The Bertz CT molecular complexity index is 1130. The average Bonchev–Trinajstić information content (AvgIpc) is 2.70. The molecular weight excluding hydrogens is 462 g/mol. The van der Waals surface area contributed by atoms with E-state index in [1.165, 1.54) is 4.90 Å². The highest BCUT2D eigenvalue weighted by Gasteiger charge is 2.33. The molecule has 0 spiro atoms. The minimum atomic E-state index is -3.75. The molecule has 7 nitrogen and oxygen atoms in total. The van der Waals surface area contributed by atoms with Crippen LogP contribution in [0.3, 0.4) is 0 Å². The second-order valence-electron chi connectivity index (χ2n) is 10.3. The number of rotatable bonds is 9. The highest BCUT2D eigenvalue weighted by atomic mass is 32.2. The number of anilines is 1. The van der Waals surface area contributed by atoms with E-state index >= 15 is 0 Å². The maximum absolute atomic E-state index is 13.7. The van der Waals surface area contributed by atoms with E-state index in [-0.39, 0.29) is 12.5 Å². The number of hydrogen-bond donors (Lipinski definition) is 1. The maximum Gasteiger partial charge on any atom is 0.244 e. The molecule has 8 heteroatoms. The van der Waals surface area contributed by atoms with Gasteiger partial charge in [-0.25, -0.2) is 8.42 Å². The van der Waals surface area contributed by atoms with Gasteiger partial charge in [-0.3, -0.25) is 13.9 Å². The number of benzene rings is 2. The van der Waals surface area contributed by atoms with Crippen molar-refractivity contribution in [1.82, 2.24) is 10.2 Å². The molecule has 2 rings (SSSR count). The van der Waals surface area contributed by atoms with E-state index in [2.05, 4.69) is 5.32 Å². The lowest BCUT2D eigenvalue weighted by Gasteiger charge is -2.34. The van der Waals surface area contributed by atoms with Crippen LogP contribution in [0.1, 0.15) is 56.4 Å². The molecule has 0 aliphatic heterocycles. The number of aryl methyl sites for hydroxylation is 3. The zero-order chi connectivity index (χ0) is 26.6. The van der Waals surface area contributed by atoms with Crippen molar-refractivity contribution < 1.29 is 18.0 Å². The Hall–Kier alpha value is -2.87. The van der Waals surface area contributed by atoms with Crippen molar-refractivity contribution >= 4 is 27.5 Å². The molecular formula is C27H39N3O4S. The van der Waals surface area contributed by atoms with E-state index in [9.17, 15) is 18.0 Å². The minimum Gasteiger partial charge on any atom is -0.350 e. The molecule has 0 heterocycles. The summed E-state index contributed by atoms with van der Waals surface area (Å²) in [6, 6.07) is 12.4. The van der Waals surface area contributed by atoms with Gasteiger partial charge in [0.2, 0.25) is 21.8 Å². The third-order valence-corrected chi connectivity index (χ3v) is 6.67. The Labute approximate surface area is 210 Å². The van der Waals surface area contributed by atoms with Crippen LogP contribution in [0.4, 0.5) is 5.69 Å². The fraction of sp³-hybridized carbons (Fsp3) is 0.481. The third kappa shape index (κ3) is 8.38. The number of sulfonamides is 1. The van der Waals surface area contributed by atoms with E-state index in [4.69, 9.17) is 0 Å². The normalized spacial score (nSPS) is 12.7. The van der Waals surface area contributed by atoms with Gasteiger partial charge in [0.1, 0.15) is 12.6 Å². The Morgan fingerprint density at radius 1 is 0.943 bits per heavy atom. The van der Waals surface area contributed by atoms with Crippen LogP contribution < -0.4 is 9.62 Å². The summed E-state index contributed by atoms with van der Waals surface area (Å²) < 4.78 is 26.6. The standard InChI is InChI=1S/C27H39N3O4S/c1-9-24(26(32)28-27(5,6)7)29(17-22-12-10-19(2)11-13-22)25(31)18-30(35(8,33)34)23-15-20(3)14-21(4)16-23/h10-16,24H,9,17-18H2,1-8H3,(H,28,32)/t24-/m0/s1. The van der Waals surface area contributed by atoms with Crippen LogP contribution in [0.15, 0.2) is 42.5 Å². The molecule has 0 saturated heterocycles. The first-order valence-electron chi connectivity index (χ1n) is 11.8. The van der Waals surface area contributed by atoms with Gasteiger partial charge in [-0.1, -0.05) is 42.8 Å². The highest BCUT2D eigenvalue weighted by molar-refractivity contribution is 7.92. The SMILES string of the molecule is CC[C@@H](C(=O)NC(C)(C)C)N(Cc1ccc(C)cc1)C(=O)CN(c1cc(C)cc(C)c1)S(C)(=O)=O. The highest BCUT2D eigenvalue weighted by Crippen LogP contribution is 2.23. The minimum absolute atomic E-state index is 0.194. The van der Waals surface area contributed by atoms with Crippen LogP contribution in [0.5, 0.6) is 0 Å². The summed E-state index contributed by atoms with van der Waals surface area (Å²) in [6.45, 7) is 13.0. The predicted octanol–water partition coefficient (Wildman–Crippen LogP) is 4.10. The lowest BCUT2D eigenvalue weighted by Crippen LogP contribution is -2.55. The van der Waals surface area contributed by atoms with Crippen LogP contribution in [-0.2, 0) is 26.2 Å². The van der Waals surface area contributed by atoms with Gasteiger partial charge >= 0.3 is 0 Å². The number of amides is 2. The first kappa shape index (κ1) is 28.4. The van der Waals surface area contributed by atoms with Gasteiger partial charge in [0.05, 0.1) is 11.9 Å². The topological polar surface area (TPSA) is 86.8 Å². The molecule has 2 aromatic carbocycles. The van der Waals surface area contributed by atoms with Gasteiger partial charge in [0.15, 0.2) is 0 Å². The van der Waals surface area contributed by atoms with Crippen molar-refractivity contribution in [1.29, 1.82) is 0 Å². The van der Waals surface area contributed by atoms with Crippen molar-refractivity contribution in [3.63, 3.8) is 0 Å². The summed E-state index contributed by atoms with van der Waals surface area (Å²) in [5.41, 5.74) is 3.70. The van der Waals surface area contributed by atoms with Gasteiger partial charge in [-0.15, -0.1) is 0 Å². The van der Waals surface area contributed by atoms with Crippen molar-refractivity contribution in [2.45, 2.75) is 73.0 Å². The van der Waals surface area contributed by atoms with Gasteiger partial charge in [-0.05, 0) is 76.8 Å². The molecule has 192 valence electrons. The maximum atomic E-state index is 13.7. The first-order valence-corrected chi connectivity index (χ1v) is 13.7. The van der Waals surface area contributed by atoms with E-state index < -0.39 is 34.1 Å². The van der Waals surface area contributed by atoms with Gasteiger partial charge < -0.3 is 10.2 Å². The van der Waals surface area contributed by atoms with E-state index in [1.54, 1.807) is 12.1 Å². The van der Waals surface area contributed by atoms with Gasteiger partial charge in [-0.2, -0.15) is 0 Å². The van der Waals surface area contributed by atoms with E-state index in [0.29, 0.717) is 12.1 Å². The Morgan fingerprint density at radius 3 is 1.94 bits per heavy atom. The largest absolute Gasteiger partial charge is 0.350 e. The number of carbonyl (C=O) groups excluding carboxylic acids is 2. The lowest BCUT2D eigenvalue weighted by molar-refractivity contribution is -0.141. The molecule has 0 fully saturated rings. The molecule has 0 saturated carbocycles. The molecule has 0 unspecified atom stereocenters. The van der Waals surface area contributed by atoms with Crippen LogP contribution in [-0.4, -0.2) is 49.5 Å². The summed E-state index contributed by atoms with van der Waals surface area (Å²) >= 11 is 0. The molecule has 2 aromatic rings. The van der Waals surface area contributed by atoms with Crippen LogP contribution in [0.25, 0.3) is 0 Å². The second-order valence-corrected chi connectivity index (χ2v) is 12.2. The molecule has 2 amide bonds. The van der Waals surface area contributed by atoms with Crippen molar-refractivity contribution in [2.24, 2.45) is 0 Å².